The first-order chi connectivity index (χ1) is 7.68. The van der Waals surface area contributed by atoms with Crippen LogP contribution in [-0.4, -0.2) is 11.1 Å². The number of allylic oxidation sites excluding steroid dienone is 2. The third kappa shape index (κ3) is 1.98. The van der Waals surface area contributed by atoms with E-state index in [-0.39, 0.29) is 0 Å². The first-order valence-electron chi connectivity index (χ1n) is 5.13. The average molecular weight is 215 g/mol. The van der Waals surface area contributed by atoms with Gasteiger partial charge in [-0.2, -0.15) is 0 Å². The lowest BCUT2D eigenvalue weighted by atomic mass is 10.1. The van der Waals surface area contributed by atoms with Crippen LogP contribution in [-0.2, 0) is 4.79 Å². The van der Waals surface area contributed by atoms with Gasteiger partial charge >= 0.3 is 5.97 Å². The Bertz CT molecular complexity index is 460. The standard InChI is InChI=1S/C13H13NO2/c1-10-7-8-11(13(15)16)9-14(10)12-5-3-2-4-6-12/h2-7,9H,8H2,1H3,(H,15,16). The summed E-state index contributed by atoms with van der Waals surface area (Å²) >= 11 is 0. The molecule has 0 saturated heterocycles. The first kappa shape index (κ1) is 10.5. The summed E-state index contributed by atoms with van der Waals surface area (Å²) in [5.41, 5.74) is 2.44. The fourth-order valence-corrected chi connectivity index (χ4v) is 1.68. The van der Waals surface area contributed by atoms with Crippen molar-refractivity contribution in [2.45, 2.75) is 13.3 Å². The number of hydrogen-bond donors (Lipinski definition) is 1. The van der Waals surface area contributed by atoms with Crippen molar-refractivity contribution < 1.29 is 9.90 Å². The van der Waals surface area contributed by atoms with Crippen LogP contribution < -0.4 is 4.90 Å². The fourth-order valence-electron chi connectivity index (χ4n) is 1.68. The third-order valence-electron chi connectivity index (χ3n) is 2.59. The molecule has 0 amide bonds. The highest BCUT2D eigenvalue weighted by Gasteiger charge is 2.15. The molecular formula is C13H13NO2. The summed E-state index contributed by atoms with van der Waals surface area (Å²) in [6.45, 7) is 1.97. The first-order valence-corrected chi connectivity index (χ1v) is 5.13. The van der Waals surface area contributed by atoms with E-state index >= 15 is 0 Å². The van der Waals surface area contributed by atoms with Crippen molar-refractivity contribution in [3.8, 4) is 0 Å². The average Bonchev–Trinajstić information content (AvgIpc) is 2.30. The van der Waals surface area contributed by atoms with E-state index in [0.29, 0.717) is 12.0 Å². The zero-order valence-electron chi connectivity index (χ0n) is 9.05. The van der Waals surface area contributed by atoms with Crippen molar-refractivity contribution in [1.82, 2.24) is 0 Å². The Morgan fingerprint density at radius 1 is 1.31 bits per heavy atom. The maximum absolute atomic E-state index is 10.9. The lowest BCUT2D eigenvalue weighted by Gasteiger charge is -2.25. The van der Waals surface area contributed by atoms with Gasteiger partial charge < -0.3 is 10.0 Å². The summed E-state index contributed by atoms with van der Waals surface area (Å²) in [7, 11) is 0. The number of aliphatic carboxylic acids is 1. The van der Waals surface area contributed by atoms with Gasteiger partial charge in [-0.15, -0.1) is 0 Å². The van der Waals surface area contributed by atoms with E-state index in [1.165, 1.54) is 0 Å². The van der Waals surface area contributed by atoms with Crippen molar-refractivity contribution in [1.29, 1.82) is 0 Å². The molecule has 3 nitrogen and oxygen atoms in total. The van der Waals surface area contributed by atoms with Crippen molar-refractivity contribution >= 4 is 11.7 Å². The van der Waals surface area contributed by atoms with Crippen LogP contribution >= 0.6 is 0 Å². The predicted molar refractivity (Wildman–Crippen MR) is 63.0 cm³/mol. The minimum Gasteiger partial charge on any atom is -0.478 e. The molecule has 0 radical (unpaired) electrons. The molecule has 3 heteroatoms. The van der Waals surface area contributed by atoms with E-state index in [4.69, 9.17) is 5.11 Å². The van der Waals surface area contributed by atoms with Crippen LogP contribution in [0.3, 0.4) is 0 Å². The molecule has 0 saturated carbocycles. The fraction of sp³-hybridized carbons (Fsp3) is 0.154. The van der Waals surface area contributed by atoms with Crippen LogP contribution in [0.2, 0.25) is 0 Å². The van der Waals surface area contributed by atoms with Gasteiger partial charge in [0.2, 0.25) is 0 Å². The van der Waals surface area contributed by atoms with Crippen LogP contribution in [0, 0.1) is 0 Å². The molecule has 1 aliphatic rings. The van der Waals surface area contributed by atoms with Gasteiger partial charge in [0.15, 0.2) is 0 Å². The summed E-state index contributed by atoms with van der Waals surface area (Å²) in [5.74, 6) is -0.857. The second kappa shape index (κ2) is 4.23. The maximum Gasteiger partial charge on any atom is 0.333 e. The van der Waals surface area contributed by atoms with Gasteiger partial charge in [-0.1, -0.05) is 24.3 Å². The summed E-state index contributed by atoms with van der Waals surface area (Å²) < 4.78 is 0. The number of rotatable bonds is 2. The number of anilines is 1. The molecule has 1 aromatic rings. The number of hydrogen-bond acceptors (Lipinski definition) is 2. The number of para-hydroxylation sites is 1. The highest BCUT2D eigenvalue weighted by Crippen LogP contribution is 2.25. The zero-order chi connectivity index (χ0) is 11.5. The topological polar surface area (TPSA) is 40.5 Å². The van der Waals surface area contributed by atoms with Gasteiger partial charge in [0, 0.05) is 24.0 Å². The monoisotopic (exact) mass is 215 g/mol. The second-order valence-corrected chi connectivity index (χ2v) is 3.71. The molecule has 1 aromatic carbocycles. The third-order valence-corrected chi connectivity index (χ3v) is 2.59. The molecule has 2 rings (SSSR count). The van der Waals surface area contributed by atoms with E-state index in [2.05, 4.69) is 0 Å². The largest absolute Gasteiger partial charge is 0.478 e. The van der Waals surface area contributed by atoms with E-state index in [1.54, 1.807) is 6.20 Å². The molecule has 0 spiro atoms. The molecule has 0 aliphatic carbocycles. The van der Waals surface area contributed by atoms with Gasteiger partial charge in [0.1, 0.15) is 0 Å². The van der Waals surface area contributed by atoms with Crippen LogP contribution in [0.15, 0.2) is 53.9 Å². The summed E-state index contributed by atoms with van der Waals surface area (Å²) in [5, 5.41) is 8.96. The Morgan fingerprint density at radius 2 is 2.00 bits per heavy atom. The van der Waals surface area contributed by atoms with Crippen LogP contribution in [0.25, 0.3) is 0 Å². The Morgan fingerprint density at radius 3 is 2.62 bits per heavy atom. The Hall–Kier alpha value is -2.03. The van der Waals surface area contributed by atoms with Gasteiger partial charge in [0.05, 0.1) is 5.57 Å². The summed E-state index contributed by atoms with van der Waals surface area (Å²) in [6, 6.07) is 9.72. The minimum absolute atomic E-state index is 0.412. The van der Waals surface area contributed by atoms with Crippen LogP contribution in [0.4, 0.5) is 5.69 Å². The molecule has 16 heavy (non-hydrogen) atoms. The number of carboxylic acids is 1. The number of carbonyl (C=O) groups is 1. The maximum atomic E-state index is 10.9. The predicted octanol–water partition coefficient (Wildman–Crippen LogP) is 2.77. The molecule has 1 heterocycles. The highest BCUT2D eigenvalue weighted by atomic mass is 16.4. The van der Waals surface area contributed by atoms with Crippen molar-refractivity contribution in [2.75, 3.05) is 4.90 Å². The molecule has 0 fully saturated rings. The lowest BCUT2D eigenvalue weighted by molar-refractivity contribution is -0.132. The van der Waals surface area contributed by atoms with Gasteiger partial charge in [0.25, 0.3) is 0 Å². The van der Waals surface area contributed by atoms with Crippen LogP contribution in [0.1, 0.15) is 13.3 Å². The van der Waals surface area contributed by atoms with Crippen molar-refractivity contribution in [2.24, 2.45) is 0 Å². The molecule has 0 atom stereocenters. The zero-order valence-corrected chi connectivity index (χ0v) is 9.05. The van der Waals surface area contributed by atoms with E-state index in [9.17, 15) is 4.79 Å². The number of benzene rings is 1. The molecule has 0 unspecified atom stereocenters. The molecular weight excluding hydrogens is 202 g/mol. The van der Waals surface area contributed by atoms with E-state index in [1.807, 2.05) is 48.2 Å². The molecule has 82 valence electrons. The second-order valence-electron chi connectivity index (χ2n) is 3.71. The Kier molecular flexibility index (Phi) is 2.77. The van der Waals surface area contributed by atoms with E-state index < -0.39 is 5.97 Å². The number of carboxylic acid groups (broad SMARTS) is 1. The highest BCUT2D eigenvalue weighted by molar-refractivity contribution is 5.88. The van der Waals surface area contributed by atoms with Gasteiger partial charge in [-0.05, 0) is 19.1 Å². The normalized spacial score (nSPS) is 15.4. The Labute approximate surface area is 94.3 Å². The molecule has 0 bridgehead atoms. The summed E-state index contributed by atoms with van der Waals surface area (Å²) in [4.78, 5) is 12.8. The summed E-state index contributed by atoms with van der Waals surface area (Å²) in [6.07, 6.45) is 4.11. The van der Waals surface area contributed by atoms with Crippen molar-refractivity contribution in [3.63, 3.8) is 0 Å². The van der Waals surface area contributed by atoms with Crippen LogP contribution in [0.5, 0.6) is 0 Å². The minimum atomic E-state index is -0.857. The quantitative estimate of drug-likeness (QED) is 0.824. The Balaban J connectivity index is 2.35. The number of nitrogens with zero attached hydrogens (tertiary/aromatic N) is 1. The lowest BCUT2D eigenvalue weighted by Crippen LogP contribution is -2.19. The molecule has 0 aromatic heterocycles. The van der Waals surface area contributed by atoms with Gasteiger partial charge in [-0.3, -0.25) is 0 Å². The SMILES string of the molecule is CC1=CCC(C(=O)O)=CN1c1ccccc1. The van der Waals surface area contributed by atoms with E-state index in [0.717, 1.165) is 11.4 Å². The molecule has 1 aliphatic heterocycles. The van der Waals surface area contributed by atoms with Gasteiger partial charge in [-0.25, -0.2) is 4.79 Å². The smallest absolute Gasteiger partial charge is 0.333 e. The molecule has 1 N–H and O–H groups in total. The van der Waals surface area contributed by atoms with Crippen molar-refractivity contribution in [3.05, 3.63) is 53.9 Å².